The van der Waals surface area contributed by atoms with Gasteiger partial charge in [0.2, 0.25) is 0 Å². The molecular formula is C46H34N12O12S8. The van der Waals surface area contributed by atoms with Gasteiger partial charge in [0.15, 0.2) is 20.5 Å². The molecule has 0 spiro atoms. The monoisotopic (exact) mass is 1200 g/mol. The standard InChI is InChI=1S/C46H34N12O12S8/c59-39(51-27-1-9-31(10-2-27)75(63,64)55-43-47-17-21-71-43)35-25-37(41(61)53-29-5-13-33(14-6-29)77(67,68)57-45-49-19-23-73-45)38(42(62)54-30-7-15-34(16-8-30)78(69,70)58-46-50-20-24-74-46)26-36(35)40(60)52-28-3-11-32(12-4-28)76(65,66)56-44-48-18-22-72-44/h1-26H,(H,47,55)(H,48,56)(H,49,57)(H,50,58)(H,51,59)(H,52,60)(H,53,61)(H,54,62). The second kappa shape index (κ2) is 22.6. The fraction of sp³-hybridized carbons (Fsp3) is 0. The van der Waals surface area contributed by atoms with Crippen LogP contribution in [0.5, 0.6) is 0 Å². The Morgan fingerprint density at radius 1 is 0.308 bits per heavy atom. The molecule has 0 saturated carbocycles. The van der Waals surface area contributed by atoms with E-state index in [1.807, 2.05) is 0 Å². The minimum atomic E-state index is -4.12. The van der Waals surface area contributed by atoms with Crippen LogP contribution in [0, 0.1) is 0 Å². The number of benzene rings is 5. The van der Waals surface area contributed by atoms with E-state index in [1.165, 1.54) is 122 Å². The van der Waals surface area contributed by atoms with Crippen molar-refractivity contribution < 1.29 is 52.8 Å². The molecule has 0 aliphatic rings. The van der Waals surface area contributed by atoms with E-state index in [4.69, 9.17) is 0 Å². The van der Waals surface area contributed by atoms with E-state index in [0.717, 1.165) is 57.5 Å². The highest BCUT2D eigenvalue weighted by atomic mass is 32.2. The molecule has 0 unspecified atom stereocenters. The number of anilines is 8. The first-order valence-corrected chi connectivity index (χ1v) is 31.2. The van der Waals surface area contributed by atoms with Crippen molar-refractivity contribution in [2.45, 2.75) is 19.6 Å². The van der Waals surface area contributed by atoms with Gasteiger partial charge in [-0.1, -0.05) is 0 Å². The Kier molecular flexibility index (Phi) is 15.7. The third-order valence-corrected chi connectivity index (χ3v) is 19.1. The van der Waals surface area contributed by atoms with E-state index in [2.05, 4.69) is 60.1 Å². The number of carbonyl (C=O) groups is 4. The molecule has 4 amide bonds. The van der Waals surface area contributed by atoms with Crippen LogP contribution >= 0.6 is 45.3 Å². The predicted octanol–water partition coefficient (Wildman–Crippen LogP) is 7.73. The van der Waals surface area contributed by atoms with Gasteiger partial charge in [-0.05, 0) is 109 Å². The van der Waals surface area contributed by atoms with Gasteiger partial charge in [0.25, 0.3) is 63.7 Å². The molecule has 24 nitrogen and oxygen atoms in total. The Hall–Kier alpha value is -8.50. The molecule has 0 saturated heterocycles. The van der Waals surface area contributed by atoms with Crippen molar-refractivity contribution in [3.8, 4) is 0 Å². The van der Waals surface area contributed by atoms with Crippen LogP contribution in [-0.2, 0) is 40.1 Å². The molecule has 5 aromatic carbocycles. The zero-order valence-electron chi connectivity index (χ0n) is 39.0. The molecule has 0 aliphatic carbocycles. The number of hydrogen-bond acceptors (Lipinski definition) is 20. The van der Waals surface area contributed by atoms with Crippen molar-refractivity contribution in [3.05, 3.63) is 178 Å². The van der Waals surface area contributed by atoms with Gasteiger partial charge in [-0.2, -0.15) is 0 Å². The predicted molar refractivity (Wildman–Crippen MR) is 296 cm³/mol. The molecule has 0 aliphatic heterocycles. The van der Waals surface area contributed by atoms with Crippen molar-refractivity contribution in [2.24, 2.45) is 0 Å². The number of aromatic nitrogens is 4. The van der Waals surface area contributed by atoms with Crippen molar-refractivity contribution in [1.82, 2.24) is 19.9 Å². The maximum atomic E-state index is 14.5. The lowest BCUT2D eigenvalue weighted by molar-refractivity contribution is 0.0980. The van der Waals surface area contributed by atoms with Gasteiger partial charge < -0.3 is 21.3 Å². The molecule has 0 radical (unpaired) electrons. The molecule has 32 heteroatoms. The van der Waals surface area contributed by atoms with Gasteiger partial charge in [0, 0.05) is 69.1 Å². The summed E-state index contributed by atoms with van der Waals surface area (Å²) in [6.07, 6.45) is 5.64. The van der Waals surface area contributed by atoms with Gasteiger partial charge in [-0.15, -0.1) is 45.3 Å². The fourth-order valence-electron chi connectivity index (χ4n) is 6.81. The lowest BCUT2D eigenvalue weighted by atomic mass is 9.95. The first kappa shape index (κ1) is 54.3. The molecule has 0 fully saturated rings. The SMILES string of the molecule is O=C(Nc1ccc(S(=O)(=O)Nc2nccs2)cc1)c1cc(C(=O)Nc2ccc(S(=O)(=O)Nc3nccs3)cc2)c(C(=O)Nc2ccc(S(=O)(=O)Nc3nccs3)cc2)cc1C(=O)Nc1ccc(S(=O)(=O)Nc2nccs2)cc1. The van der Waals surface area contributed by atoms with Gasteiger partial charge in [0.1, 0.15) is 0 Å². The fourth-order valence-corrected chi connectivity index (χ4v) is 14.0. The van der Waals surface area contributed by atoms with Crippen molar-refractivity contribution in [1.29, 1.82) is 0 Å². The number of nitrogens with one attached hydrogen (secondary N) is 8. The smallest absolute Gasteiger partial charge is 0.263 e. The normalized spacial score (nSPS) is 11.7. The second-order valence-electron chi connectivity index (χ2n) is 15.6. The minimum absolute atomic E-state index is 0.0160. The van der Waals surface area contributed by atoms with Crippen LogP contribution in [0.15, 0.2) is 175 Å². The van der Waals surface area contributed by atoms with E-state index in [9.17, 15) is 52.8 Å². The summed E-state index contributed by atoms with van der Waals surface area (Å²) in [5.41, 5.74) is -1.99. The van der Waals surface area contributed by atoms with Crippen LogP contribution in [0.3, 0.4) is 0 Å². The number of hydrogen-bond donors (Lipinski definition) is 8. The Bertz CT molecular complexity index is 3600. The number of nitrogens with zero attached hydrogens (tertiary/aromatic N) is 4. The van der Waals surface area contributed by atoms with Crippen LogP contribution in [-0.4, -0.2) is 77.2 Å². The number of amides is 4. The third kappa shape index (κ3) is 13.0. The summed E-state index contributed by atoms with van der Waals surface area (Å²) >= 11 is 4.19. The van der Waals surface area contributed by atoms with Crippen LogP contribution < -0.4 is 40.2 Å². The number of thiazole rings is 4. The molecule has 4 aromatic heterocycles. The quantitative estimate of drug-likeness (QED) is 0.0362. The van der Waals surface area contributed by atoms with Gasteiger partial charge >= 0.3 is 0 Å². The summed E-state index contributed by atoms with van der Waals surface area (Å²) in [4.78, 5) is 72.8. The van der Waals surface area contributed by atoms with Crippen LogP contribution in [0.2, 0.25) is 0 Å². The van der Waals surface area contributed by atoms with E-state index in [0.29, 0.717) is 0 Å². The Balaban J connectivity index is 1.07. The number of sulfonamides is 4. The molecule has 9 rings (SSSR count). The second-order valence-corrected chi connectivity index (χ2v) is 25.9. The number of carbonyl (C=O) groups excluding carboxylic acids is 4. The van der Waals surface area contributed by atoms with Gasteiger partial charge in [-0.25, -0.2) is 53.6 Å². The largest absolute Gasteiger partial charge is 0.322 e. The van der Waals surface area contributed by atoms with Crippen LogP contribution in [0.1, 0.15) is 41.4 Å². The minimum Gasteiger partial charge on any atom is -0.322 e. The molecular weight excluding hydrogens is 1170 g/mol. The Morgan fingerprint density at radius 2 is 0.500 bits per heavy atom. The van der Waals surface area contributed by atoms with E-state index >= 15 is 0 Å². The summed E-state index contributed by atoms with van der Waals surface area (Å²) in [7, 11) is -16.5. The first-order chi connectivity index (χ1) is 37.2. The van der Waals surface area contributed by atoms with Crippen molar-refractivity contribution in [3.63, 3.8) is 0 Å². The summed E-state index contributed by atoms with van der Waals surface area (Å²) in [5, 5.41) is 17.0. The Labute approximate surface area is 459 Å². The van der Waals surface area contributed by atoms with Gasteiger partial charge in [-0.3, -0.25) is 38.1 Å². The average molecular weight is 1200 g/mol. The van der Waals surface area contributed by atoms with E-state index in [1.54, 1.807) is 21.5 Å². The van der Waals surface area contributed by atoms with Gasteiger partial charge in [0.05, 0.1) is 41.8 Å². The zero-order chi connectivity index (χ0) is 55.2. The maximum absolute atomic E-state index is 14.5. The zero-order valence-corrected chi connectivity index (χ0v) is 45.5. The van der Waals surface area contributed by atoms with Crippen molar-refractivity contribution >= 4 is 152 Å². The first-order valence-electron chi connectivity index (χ1n) is 21.7. The highest BCUT2D eigenvalue weighted by molar-refractivity contribution is 7.93. The molecule has 8 N–H and O–H groups in total. The molecule has 78 heavy (non-hydrogen) atoms. The topological polar surface area (TPSA) is 353 Å². The third-order valence-electron chi connectivity index (χ3n) is 10.4. The van der Waals surface area contributed by atoms with Crippen LogP contribution in [0.25, 0.3) is 0 Å². The summed E-state index contributed by atoms with van der Waals surface area (Å²) in [6.45, 7) is 0. The highest BCUT2D eigenvalue weighted by Crippen LogP contribution is 2.28. The summed E-state index contributed by atoms with van der Waals surface area (Å²) in [5.74, 6) is -4.17. The van der Waals surface area contributed by atoms with Crippen LogP contribution in [0.4, 0.5) is 43.3 Å². The van der Waals surface area contributed by atoms with E-state index < -0.39 is 86.0 Å². The lowest BCUT2D eigenvalue weighted by Crippen LogP contribution is -2.26. The molecule has 4 heterocycles. The maximum Gasteiger partial charge on any atom is 0.263 e. The molecule has 9 aromatic rings. The summed E-state index contributed by atoms with van der Waals surface area (Å²) in [6, 6.07) is 21.4. The average Bonchev–Trinajstić information content (AvgIpc) is 4.31. The molecule has 0 atom stereocenters. The number of rotatable bonds is 20. The molecule has 398 valence electrons. The van der Waals surface area contributed by atoms with Crippen molar-refractivity contribution in [2.75, 3.05) is 40.2 Å². The summed E-state index contributed by atoms with van der Waals surface area (Å²) < 4.78 is 114. The molecule has 0 bridgehead atoms. The van der Waals surface area contributed by atoms with E-state index in [-0.39, 0.29) is 62.9 Å². The Morgan fingerprint density at radius 3 is 0.667 bits per heavy atom. The lowest BCUT2D eigenvalue weighted by Gasteiger charge is -2.17. The highest BCUT2D eigenvalue weighted by Gasteiger charge is 2.28.